The maximum absolute atomic E-state index is 5.28. The Kier molecular flexibility index (Phi) is 1.63. The third kappa shape index (κ3) is 1.21. The van der Waals surface area contributed by atoms with Gasteiger partial charge in [-0.15, -0.1) is 0 Å². The number of hydrogen-bond acceptors (Lipinski definition) is 2. The lowest BCUT2D eigenvalue weighted by Crippen LogP contribution is -2.22. The molecule has 0 aliphatic heterocycles. The van der Waals surface area contributed by atoms with Gasteiger partial charge in [0, 0.05) is 0 Å². The van der Waals surface area contributed by atoms with Crippen molar-refractivity contribution in [1.29, 1.82) is 0 Å². The Labute approximate surface area is 70.2 Å². The molecule has 0 spiro atoms. The van der Waals surface area contributed by atoms with Crippen LogP contribution in [0.25, 0.3) is 11.5 Å². The first-order valence-electron chi connectivity index (χ1n) is 3.73. The summed E-state index contributed by atoms with van der Waals surface area (Å²) in [4.78, 5) is 4.08. The molecule has 0 atom stereocenters. The third-order valence-corrected chi connectivity index (χ3v) is 1.59. The maximum atomic E-state index is 5.28. The second kappa shape index (κ2) is 2.77. The van der Waals surface area contributed by atoms with E-state index in [0.29, 0.717) is 5.89 Å². The van der Waals surface area contributed by atoms with E-state index in [1.54, 1.807) is 18.1 Å². The van der Waals surface area contributed by atoms with Crippen LogP contribution in [0.15, 0.2) is 41.2 Å². The molecule has 0 N–H and O–H groups in total. The highest BCUT2D eigenvalue weighted by Gasteiger charge is 2.10. The number of hydrogen-bond donors (Lipinski definition) is 0. The van der Waals surface area contributed by atoms with Crippen molar-refractivity contribution < 1.29 is 9.26 Å². The fourth-order valence-corrected chi connectivity index (χ4v) is 1.03. The second-order valence-corrected chi connectivity index (χ2v) is 2.55. The van der Waals surface area contributed by atoms with E-state index >= 15 is 0 Å². The van der Waals surface area contributed by atoms with Crippen LogP contribution >= 0.6 is 0 Å². The molecular formula is C9H9N2O+. The van der Waals surface area contributed by atoms with Crippen molar-refractivity contribution in [3.8, 4) is 11.5 Å². The highest BCUT2D eigenvalue weighted by Crippen LogP contribution is 2.13. The van der Waals surface area contributed by atoms with E-state index in [1.165, 1.54) is 0 Å². The molecule has 0 fully saturated rings. The van der Waals surface area contributed by atoms with Gasteiger partial charge in [0.15, 0.2) is 0 Å². The standard InChI is InChI=1S/C9H9N2O/c1-11-7-10-9(12-11)8-5-3-2-4-6-8/h2-7H,1H3/q+1. The summed E-state index contributed by atoms with van der Waals surface area (Å²) in [5, 5.41) is 0. The molecule has 1 aromatic heterocycles. The lowest BCUT2D eigenvalue weighted by atomic mass is 10.2. The van der Waals surface area contributed by atoms with E-state index in [0.717, 1.165) is 5.56 Å². The van der Waals surface area contributed by atoms with Crippen molar-refractivity contribution in [3.63, 3.8) is 0 Å². The first-order valence-corrected chi connectivity index (χ1v) is 3.73. The zero-order valence-corrected chi connectivity index (χ0v) is 6.77. The van der Waals surface area contributed by atoms with Gasteiger partial charge in [-0.2, -0.15) is 0 Å². The zero-order valence-electron chi connectivity index (χ0n) is 6.77. The minimum absolute atomic E-state index is 0.651. The summed E-state index contributed by atoms with van der Waals surface area (Å²) in [7, 11) is 1.80. The Morgan fingerprint density at radius 2 is 2.00 bits per heavy atom. The summed E-state index contributed by atoms with van der Waals surface area (Å²) >= 11 is 0. The fraction of sp³-hybridized carbons (Fsp3) is 0.111. The topological polar surface area (TPSA) is 29.9 Å². The number of rotatable bonds is 1. The van der Waals surface area contributed by atoms with Crippen LogP contribution < -0.4 is 4.74 Å². The smallest absolute Gasteiger partial charge is 0.253 e. The lowest BCUT2D eigenvalue weighted by molar-refractivity contribution is -0.844. The lowest BCUT2D eigenvalue weighted by Gasteiger charge is -1.86. The molecule has 0 unspecified atom stereocenters. The van der Waals surface area contributed by atoms with Gasteiger partial charge in [-0.3, -0.25) is 4.52 Å². The van der Waals surface area contributed by atoms with Gasteiger partial charge in [0.05, 0.1) is 5.56 Å². The molecule has 0 amide bonds. The molecule has 0 aliphatic rings. The minimum atomic E-state index is 0.651. The van der Waals surface area contributed by atoms with Gasteiger partial charge in [0.1, 0.15) is 7.05 Å². The Bertz CT molecular complexity index is 367. The molecular weight excluding hydrogens is 152 g/mol. The van der Waals surface area contributed by atoms with E-state index in [2.05, 4.69) is 4.98 Å². The average Bonchev–Trinajstić information content (AvgIpc) is 2.54. The van der Waals surface area contributed by atoms with Crippen molar-refractivity contribution in [3.05, 3.63) is 36.7 Å². The molecule has 60 valence electrons. The van der Waals surface area contributed by atoms with Gasteiger partial charge in [0.25, 0.3) is 0 Å². The molecule has 2 aromatic rings. The summed E-state index contributed by atoms with van der Waals surface area (Å²) in [6, 6.07) is 9.81. The van der Waals surface area contributed by atoms with Gasteiger partial charge in [-0.05, 0) is 17.1 Å². The Hall–Kier alpha value is -1.64. The van der Waals surface area contributed by atoms with Crippen molar-refractivity contribution in [2.75, 3.05) is 0 Å². The van der Waals surface area contributed by atoms with Crippen molar-refractivity contribution in [1.82, 2.24) is 4.98 Å². The van der Waals surface area contributed by atoms with Gasteiger partial charge in [-0.1, -0.05) is 22.9 Å². The molecule has 0 aliphatic carbocycles. The van der Waals surface area contributed by atoms with Gasteiger partial charge in [0.2, 0.25) is 0 Å². The minimum Gasteiger partial charge on any atom is -0.253 e. The Morgan fingerprint density at radius 3 is 2.58 bits per heavy atom. The Morgan fingerprint density at radius 1 is 1.25 bits per heavy atom. The number of aryl methyl sites for hydroxylation is 1. The van der Waals surface area contributed by atoms with E-state index in [1.807, 2.05) is 30.3 Å². The van der Waals surface area contributed by atoms with Crippen LogP contribution in [0.2, 0.25) is 0 Å². The van der Waals surface area contributed by atoms with Crippen molar-refractivity contribution in [2.45, 2.75) is 0 Å². The number of benzene rings is 1. The van der Waals surface area contributed by atoms with Crippen LogP contribution in [0, 0.1) is 0 Å². The van der Waals surface area contributed by atoms with Crippen LogP contribution in [0.4, 0.5) is 0 Å². The van der Waals surface area contributed by atoms with Gasteiger partial charge >= 0.3 is 12.2 Å². The molecule has 1 aromatic carbocycles. The highest BCUT2D eigenvalue weighted by molar-refractivity contribution is 5.51. The van der Waals surface area contributed by atoms with E-state index in [-0.39, 0.29) is 0 Å². The summed E-state index contributed by atoms with van der Waals surface area (Å²) in [6.07, 6.45) is 1.64. The number of nitrogens with zero attached hydrogens (tertiary/aromatic N) is 2. The van der Waals surface area contributed by atoms with E-state index < -0.39 is 0 Å². The van der Waals surface area contributed by atoms with Crippen LogP contribution in [-0.4, -0.2) is 4.98 Å². The summed E-state index contributed by atoms with van der Waals surface area (Å²) < 4.78 is 6.85. The van der Waals surface area contributed by atoms with Gasteiger partial charge < -0.3 is 0 Å². The van der Waals surface area contributed by atoms with E-state index in [4.69, 9.17) is 4.52 Å². The molecule has 0 saturated carbocycles. The zero-order chi connectivity index (χ0) is 8.39. The molecule has 3 heteroatoms. The third-order valence-electron chi connectivity index (χ3n) is 1.59. The first-order chi connectivity index (χ1) is 5.86. The highest BCUT2D eigenvalue weighted by atomic mass is 16.5. The van der Waals surface area contributed by atoms with E-state index in [9.17, 15) is 0 Å². The quantitative estimate of drug-likeness (QED) is 0.587. The SMILES string of the molecule is C[n+]1cnc(-c2ccccc2)o1. The first kappa shape index (κ1) is 7.03. The molecule has 1 heterocycles. The monoisotopic (exact) mass is 161 g/mol. The molecule has 0 bridgehead atoms. The molecule has 3 nitrogen and oxygen atoms in total. The van der Waals surface area contributed by atoms with Crippen molar-refractivity contribution in [2.24, 2.45) is 7.05 Å². The summed E-state index contributed by atoms with van der Waals surface area (Å²) in [5.41, 5.74) is 0.998. The maximum Gasteiger partial charge on any atom is 0.384 e. The van der Waals surface area contributed by atoms with Crippen LogP contribution in [0.5, 0.6) is 0 Å². The van der Waals surface area contributed by atoms with Crippen LogP contribution in [-0.2, 0) is 7.05 Å². The summed E-state index contributed by atoms with van der Waals surface area (Å²) in [5.74, 6) is 0.651. The fourth-order valence-electron chi connectivity index (χ4n) is 1.03. The average molecular weight is 161 g/mol. The predicted octanol–water partition coefficient (Wildman–Crippen LogP) is 1.17. The van der Waals surface area contributed by atoms with Crippen LogP contribution in [0.1, 0.15) is 0 Å². The molecule has 2 rings (SSSR count). The summed E-state index contributed by atoms with van der Waals surface area (Å²) in [6.45, 7) is 0. The number of aromatic nitrogens is 2. The molecule has 12 heavy (non-hydrogen) atoms. The van der Waals surface area contributed by atoms with Crippen molar-refractivity contribution >= 4 is 0 Å². The van der Waals surface area contributed by atoms with Crippen LogP contribution in [0.3, 0.4) is 0 Å². The Balaban J connectivity index is 2.45. The largest absolute Gasteiger partial charge is 0.384 e. The second-order valence-electron chi connectivity index (χ2n) is 2.55. The predicted molar refractivity (Wildman–Crippen MR) is 43.1 cm³/mol. The normalized spacial score (nSPS) is 10.1. The van der Waals surface area contributed by atoms with Gasteiger partial charge in [-0.25, -0.2) is 0 Å². The molecule has 0 radical (unpaired) electrons. The molecule has 0 saturated heterocycles.